The Bertz CT molecular complexity index is 854. The summed E-state index contributed by atoms with van der Waals surface area (Å²) in [6, 6.07) is 8.16. The van der Waals surface area contributed by atoms with Gasteiger partial charge in [-0.1, -0.05) is 12.1 Å². The first-order valence-electron chi connectivity index (χ1n) is 10.3. The van der Waals surface area contributed by atoms with Crippen LogP contribution in [0.4, 0.5) is 11.8 Å². The quantitative estimate of drug-likeness (QED) is 0.831. The van der Waals surface area contributed by atoms with Gasteiger partial charge in [0.05, 0.1) is 14.2 Å². The molecule has 0 saturated carbocycles. The van der Waals surface area contributed by atoms with Crippen LogP contribution >= 0.6 is 0 Å². The molecule has 156 valence electrons. The van der Waals surface area contributed by atoms with Crippen LogP contribution in [0.15, 0.2) is 24.3 Å². The Balaban J connectivity index is 1.48. The summed E-state index contributed by atoms with van der Waals surface area (Å²) in [6.45, 7) is 7.09. The maximum atomic E-state index is 5.88. The summed E-state index contributed by atoms with van der Waals surface area (Å²) in [6.07, 6.45) is 3.65. The average Bonchev–Trinajstić information content (AvgIpc) is 3.10. The molecule has 0 unspecified atom stereocenters. The highest BCUT2D eigenvalue weighted by atomic mass is 16.5. The van der Waals surface area contributed by atoms with Gasteiger partial charge in [-0.05, 0) is 38.8 Å². The Morgan fingerprint density at radius 1 is 1.10 bits per heavy atom. The van der Waals surface area contributed by atoms with Crippen molar-refractivity contribution in [1.82, 2.24) is 14.9 Å². The molecule has 7 heteroatoms. The van der Waals surface area contributed by atoms with Crippen molar-refractivity contribution in [2.24, 2.45) is 5.41 Å². The molecule has 29 heavy (non-hydrogen) atoms. The number of likely N-dealkylation sites (tertiary alicyclic amines) is 1. The topological polar surface area (TPSA) is 76.7 Å². The molecular weight excluding hydrogens is 366 g/mol. The number of nitrogens with two attached hydrogens (primary N) is 1. The van der Waals surface area contributed by atoms with E-state index >= 15 is 0 Å². The Morgan fingerprint density at radius 3 is 2.72 bits per heavy atom. The van der Waals surface area contributed by atoms with Crippen LogP contribution in [0.1, 0.15) is 30.5 Å². The molecule has 1 aromatic heterocycles. The van der Waals surface area contributed by atoms with E-state index in [1.165, 1.54) is 24.8 Å². The number of piperidine rings is 1. The molecule has 7 nitrogen and oxygen atoms in total. The molecule has 2 fully saturated rings. The molecular formula is C22H31N5O2. The van der Waals surface area contributed by atoms with Gasteiger partial charge in [0, 0.05) is 48.9 Å². The standard InChI is InChI=1S/C22H31N5O2/c1-16-12-19(25-21(23)24-16)27-11-9-22(15-27)8-5-10-26(14-22)13-17-6-4-7-18(28-2)20(17)29-3/h4,6-7,12H,5,8-11,13-15H2,1-3H3,(H2,23,24,25)/t22-/m0/s1. The van der Waals surface area contributed by atoms with Gasteiger partial charge in [-0.2, -0.15) is 4.98 Å². The maximum Gasteiger partial charge on any atom is 0.222 e. The summed E-state index contributed by atoms with van der Waals surface area (Å²) in [5.41, 5.74) is 8.28. The SMILES string of the molecule is COc1cccc(CN2CCC[C@]3(CCN(c4cc(C)nc(N)n4)C3)C2)c1OC. The predicted molar refractivity (Wildman–Crippen MR) is 115 cm³/mol. The van der Waals surface area contributed by atoms with Gasteiger partial charge in [0.25, 0.3) is 0 Å². The van der Waals surface area contributed by atoms with E-state index < -0.39 is 0 Å². The van der Waals surface area contributed by atoms with Crippen LogP contribution in [0, 0.1) is 12.3 Å². The number of anilines is 2. The van der Waals surface area contributed by atoms with Crippen LogP contribution in [-0.4, -0.2) is 55.3 Å². The van der Waals surface area contributed by atoms with Crippen LogP contribution in [-0.2, 0) is 6.54 Å². The highest BCUT2D eigenvalue weighted by Gasteiger charge is 2.42. The monoisotopic (exact) mass is 397 g/mol. The molecule has 2 aromatic rings. The molecule has 0 aliphatic carbocycles. The first-order chi connectivity index (χ1) is 14.0. The van der Waals surface area contributed by atoms with Crippen LogP contribution < -0.4 is 20.1 Å². The van der Waals surface area contributed by atoms with E-state index in [1.54, 1.807) is 14.2 Å². The number of rotatable bonds is 5. The van der Waals surface area contributed by atoms with Crippen molar-refractivity contribution in [3.8, 4) is 11.5 Å². The first-order valence-corrected chi connectivity index (χ1v) is 10.3. The molecule has 2 aliphatic heterocycles. The van der Waals surface area contributed by atoms with Crippen LogP contribution in [0.25, 0.3) is 0 Å². The third kappa shape index (κ3) is 4.10. The number of aryl methyl sites for hydroxylation is 1. The van der Waals surface area contributed by atoms with Gasteiger partial charge in [-0.3, -0.25) is 4.90 Å². The highest BCUT2D eigenvalue weighted by molar-refractivity contribution is 5.47. The number of aromatic nitrogens is 2. The fourth-order valence-electron chi connectivity index (χ4n) is 4.96. The Hall–Kier alpha value is -2.54. The smallest absolute Gasteiger partial charge is 0.222 e. The van der Waals surface area contributed by atoms with E-state index in [2.05, 4.69) is 25.8 Å². The number of hydrogen-bond donors (Lipinski definition) is 1. The second-order valence-corrected chi connectivity index (χ2v) is 8.36. The Labute approximate surface area is 172 Å². The van der Waals surface area contributed by atoms with Crippen molar-refractivity contribution in [2.75, 3.05) is 51.0 Å². The number of nitrogen functional groups attached to an aromatic ring is 1. The first kappa shape index (κ1) is 19.8. The molecule has 2 saturated heterocycles. The highest BCUT2D eigenvalue weighted by Crippen LogP contribution is 2.41. The average molecular weight is 398 g/mol. The zero-order valence-electron chi connectivity index (χ0n) is 17.6. The summed E-state index contributed by atoms with van der Waals surface area (Å²) in [7, 11) is 3.40. The summed E-state index contributed by atoms with van der Waals surface area (Å²) >= 11 is 0. The molecule has 4 rings (SSSR count). The molecule has 0 amide bonds. The zero-order chi connectivity index (χ0) is 20.4. The number of methoxy groups -OCH3 is 2. The van der Waals surface area contributed by atoms with Gasteiger partial charge in [0.2, 0.25) is 5.95 Å². The summed E-state index contributed by atoms with van der Waals surface area (Å²) in [5, 5.41) is 0. The lowest BCUT2D eigenvalue weighted by molar-refractivity contribution is 0.0983. The van der Waals surface area contributed by atoms with Gasteiger partial charge in [-0.15, -0.1) is 0 Å². The normalized spacial score (nSPS) is 22.2. The van der Waals surface area contributed by atoms with Gasteiger partial charge in [0.15, 0.2) is 11.5 Å². The number of benzene rings is 1. The molecule has 0 radical (unpaired) electrons. The third-order valence-electron chi connectivity index (χ3n) is 6.24. The summed E-state index contributed by atoms with van der Waals surface area (Å²) in [4.78, 5) is 13.6. The van der Waals surface area contributed by atoms with E-state index in [0.717, 1.165) is 55.7 Å². The summed E-state index contributed by atoms with van der Waals surface area (Å²) in [5.74, 6) is 2.95. The van der Waals surface area contributed by atoms with Crippen molar-refractivity contribution in [3.63, 3.8) is 0 Å². The predicted octanol–water partition coefficient (Wildman–Crippen LogP) is 2.88. The molecule has 1 aromatic carbocycles. The fourth-order valence-corrected chi connectivity index (χ4v) is 4.96. The Morgan fingerprint density at radius 2 is 1.97 bits per heavy atom. The summed E-state index contributed by atoms with van der Waals surface area (Å²) < 4.78 is 11.1. The lowest BCUT2D eigenvalue weighted by Gasteiger charge is -2.40. The van der Waals surface area contributed by atoms with Crippen molar-refractivity contribution < 1.29 is 9.47 Å². The maximum absolute atomic E-state index is 5.88. The van der Waals surface area contributed by atoms with Crippen molar-refractivity contribution in [2.45, 2.75) is 32.7 Å². The minimum Gasteiger partial charge on any atom is -0.493 e. The van der Waals surface area contributed by atoms with Crippen molar-refractivity contribution in [3.05, 3.63) is 35.5 Å². The molecule has 2 N–H and O–H groups in total. The van der Waals surface area contributed by atoms with E-state index in [-0.39, 0.29) is 0 Å². The molecule has 1 atom stereocenters. The minimum atomic E-state index is 0.304. The van der Waals surface area contributed by atoms with Crippen LogP contribution in [0.2, 0.25) is 0 Å². The lowest BCUT2D eigenvalue weighted by atomic mass is 9.79. The fraction of sp³-hybridized carbons (Fsp3) is 0.545. The van der Waals surface area contributed by atoms with E-state index in [9.17, 15) is 0 Å². The van der Waals surface area contributed by atoms with Gasteiger partial charge < -0.3 is 20.1 Å². The van der Waals surface area contributed by atoms with E-state index in [0.29, 0.717) is 11.4 Å². The van der Waals surface area contributed by atoms with Gasteiger partial charge in [-0.25, -0.2) is 4.98 Å². The Kier molecular flexibility index (Phi) is 5.50. The molecule has 1 spiro atoms. The largest absolute Gasteiger partial charge is 0.493 e. The lowest BCUT2D eigenvalue weighted by Crippen LogP contribution is -2.44. The second-order valence-electron chi connectivity index (χ2n) is 8.36. The van der Waals surface area contributed by atoms with Crippen molar-refractivity contribution >= 4 is 11.8 Å². The second kappa shape index (κ2) is 8.06. The third-order valence-corrected chi connectivity index (χ3v) is 6.24. The van der Waals surface area contributed by atoms with E-state index in [4.69, 9.17) is 15.2 Å². The minimum absolute atomic E-state index is 0.304. The van der Waals surface area contributed by atoms with Gasteiger partial charge in [0.1, 0.15) is 5.82 Å². The van der Waals surface area contributed by atoms with E-state index in [1.807, 2.05) is 25.1 Å². The number of ether oxygens (including phenoxy) is 2. The molecule has 0 bridgehead atoms. The zero-order valence-corrected chi connectivity index (χ0v) is 17.6. The van der Waals surface area contributed by atoms with Crippen molar-refractivity contribution in [1.29, 1.82) is 0 Å². The van der Waals surface area contributed by atoms with Crippen LogP contribution in [0.3, 0.4) is 0 Å². The number of para-hydroxylation sites is 1. The number of hydrogen-bond acceptors (Lipinski definition) is 7. The number of nitrogens with zero attached hydrogens (tertiary/aromatic N) is 4. The molecule has 3 heterocycles. The van der Waals surface area contributed by atoms with Gasteiger partial charge >= 0.3 is 0 Å². The van der Waals surface area contributed by atoms with Crippen LogP contribution in [0.5, 0.6) is 11.5 Å². The molecule has 2 aliphatic rings.